The van der Waals surface area contributed by atoms with E-state index in [-0.39, 0.29) is 0 Å². The summed E-state index contributed by atoms with van der Waals surface area (Å²) in [6, 6.07) is 92.3. The fourth-order valence-electron chi connectivity index (χ4n) is 11.4. The number of hydrogen-bond donors (Lipinski definition) is 0. The van der Waals surface area contributed by atoms with Crippen LogP contribution < -0.4 is 4.90 Å². The summed E-state index contributed by atoms with van der Waals surface area (Å²) in [5.74, 6) is 0.629. The van der Waals surface area contributed by atoms with E-state index in [0.29, 0.717) is 5.95 Å². The minimum absolute atomic E-state index is 0.629. The van der Waals surface area contributed by atoms with Crippen LogP contribution in [0.2, 0.25) is 0 Å². The predicted molar refractivity (Wildman–Crippen MR) is 284 cm³/mol. The Balaban J connectivity index is 0.964. The van der Waals surface area contributed by atoms with E-state index in [0.717, 1.165) is 39.6 Å². The fraction of sp³-hybridized carbons (Fsp3) is 0.0154. The molecule has 0 unspecified atom stereocenters. The minimum atomic E-state index is -0.630. The molecule has 4 heteroatoms. The van der Waals surface area contributed by atoms with Gasteiger partial charge >= 0.3 is 0 Å². The van der Waals surface area contributed by atoms with Gasteiger partial charge in [-0.15, -0.1) is 0 Å². The van der Waals surface area contributed by atoms with Crippen LogP contribution in [-0.2, 0) is 5.41 Å². The molecule has 1 aliphatic heterocycles. The summed E-state index contributed by atoms with van der Waals surface area (Å²) in [6.07, 6.45) is 0. The van der Waals surface area contributed by atoms with Crippen molar-refractivity contribution in [3.8, 4) is 61.6 Å². The second-order valence-corrected chi connectivity index (χ2v) is 18.1. The zero-order chi connectivity index (χ0) is 45.5. The average Bonchev–Trinajstić information content (AvgIpc) is 3.92. The van der Waals surface area contributed by atoms with Gasteiger partial charge in [-0.25, -0.2) is 9.97 Å². The highest BCUT2D eigenvalue weighted by Crippen LogP contribution is 2.63. The van der Waals surface area contributed by atoms with E-state index in [1.165, 1.54) is 77.4 Å². The molecule has 2 aliphatic rings. The van der Waals surface area contributed by atoms with E-state index in [1.54, 1.807) is 0 Å². The van der Waals surface area contributed by atoms with Crippen molar-refractivity contribution in [3.05, 3.63) is 277 Å². The third-order valence-corrected chi connectivity index (χ3v) is 14.4. The fourth-order valence-corrected chi connectivity index (χ4v) is 11.4. The number of hydrogen-bond acceptors (Lipinski definition) is 3. The molecular formula is C65H42N4. The molecule has 0 saturated carbocycles. The summed E-state index contributed by atoms with van der Waals surface area (Å²) < 4.78 is 2.42. The third kappa shape index (κ3) is 5.95. The smallest absolute Gasteiger partial charge is 0.235 e. The molecule has 14 rings (SSSR count). The van der Waals surface area contributed by atoms with Crippen LogP contribution in [0.5, 0.6) is 0 Å². The van der Waals surface area contributed by atoms with Crippen molar-refractivity contribution >= 4 is 39.1 Å². The summed E-state index contributed by atoms with van der Waals surface area (Å²) in [5.41, 5.74) is 21.0. The highest BCUT2D eigenvalue weighted by Gasteiger charge is 2.52. The number of fused-ring (bicyclic) bond motifs is 12. The zero-order valence-electron chi connectivity index (χ0n) is 37.5. The molecule has 3 heterocycles. The predicted octanol–water partition coefficient (Wildman–Crippen LogP) is 16.4. The van der Waals surface area contributed by atoms with Crippen molar-refractivity contribution in [2.75, 3.05) is 4.90 Å². The molecule has 10 aromatic carbocycles. The molecule has 0 saturated heterocycles. The van der Waals surface area contributed by atoms with E-state index in [9.17, 15) is 0 Å². The lowest BCUT2D eigenvalue weighted by molar-refractivity contribution is 0.750. The topological polar surface area (TPSA) is 34.0 Å². The first-order valence-electron chi connectivity index (χ1n) is 23.7. The Morgan fingerprint density at radius 2 is 0.812 bits per heavy atom. The Hall–Kier alpha value is -9.12. The van der Waals surface area contributed by atoms with Crippen LogP contribution in [0.25, 0.3) is 83.4 Å². The summed E-state index contributed by atoms with van der Waals surface area (Å²) in [6.45, 7) is 0. The Kier molecular flexibility index (Phi) is 8.77. The van der Waals surface area contributed by atoms with E-state index in [4.69, 9.17) is 9.97 Å². The Bertz CT molecular complexity index is 3860. The highest BCUT2D eigenvalue weighted by atomic mass is 15.3. The maximum atomic E-state index is 5.41. The third-order valence-electron chi connectivity index (χ3n) is 14.4. The molecule has 69 heavy (non-hydrogen) atoms. The van der Waals surface area contributed by atoms with Gasteiger partial charge in [0.05, 0.1) is 39.2 Å². The molecule has 322 valence electrons. The number of benzene rings is 10. The minimum Gasteiger partial charge on any atom is -0.309 e. The molecule has 4 nitrogen and oxygen atoms in total. The maximum Gasteiger partial charge on any atom is 0.235 e. The molecule has 0 amide bonds. The van der Waals surface area contributed by atoms with Crippen LogP contribution in [0.1, 0.15) is 22.3 Å². The van der Waals surface area contributed by atoms with Gasteiger partial charge in [0.2, 0.25) is 5.95 Å². The Morgan fingerprint density at radius 1 is 0.304 bits per heavy atom. The van der Waals surface area contributed by atoms with Gasteiger partial charge in [-0.3, -0.25) is 4.90 Å². The van der Waals surface area contributed by atoms with Gasteiger partial charge in [0.15, 0.2) is 0 Å². The average molecular weight is 879 g/mol. The van der Waals surface area contributed by atoms with E-state index < -0.39 is 5.41 Å². The molecule has 12 aromatic rings. The van der Waals surface area contributed by atoms with Crippen LogP contribution in [0.3, 0.4) is 0 Å². The van der Waals surface area contributed by atoms with Gasteiger partial charge in [-0.2, -0.15) is 0 Å². The molecule has 0 bridgehead atoms. The Labute approximate surface area is 400 Å². The molecule has 0 fully saturated rings. The molecule has 1 aliphatic carbocycles. The van der Waals surface area contributed by atoms with Crippen molar-refractivity contribution in [1.82, 2.24) is 14.5 Å². The van der Waals surface area contributed by atoms with Crippen LogP contribution >= 0.6 is 0 Å². The SMILES string of the molecule is c1ccc(-c2cccc(-n3c4ccccc4c4cc(-c5ccc6c(c5)C5(c7ccccc7-6)c6ccccc6N(c6nc(-c7ccccc7)cc(-c7ccccc7)n6)c6ccccc65)ccc43)c2)cc1. The number of para-hydroxylation sites is 3. The van der Waals surface area contributed by atoms with Gasteiger partial charge < -0.3 is 4.57 Å². The lowest BCUT2D eigenvalue weighted by atomic mass is 9.64. The van der Waals surface area contributed by atoms with Crippen molar-refractivity contribution < 1.29 is 0 Å². The molecule has 1 spiro atoms. The highest BCUT2D eigenvalue weighted by molar-refractivity contribution is 6.10. The van der Waals surface area contributed by atoms with Crippen LogP contribution in [0.4, 0.5) is 17.3 Å². The molecule has 0 N–H and O–H groups in total. The maximum absolute atomic E-state index is 5.41. The van der Waals surface area contributed by atoms with Crippen molar-refractivity contribution in [3.63, 3.8) is 0 Å². The van der Waals surface area contributed by atoms with Crippen LogP contribution in [0.15, 0.2) is 255 Å². The van der Waals surface area contributed by atoms with Gasteiger partial charge in [-0.05, 0) is 110 Å². The second kappa shape index (κ2) is 15.5. The van der Waals surface area contributed by atoms with Crippen molar-refractivity contribution in [2.24, 2.45) is 0 Å². The van der Waals surface area contributed by atoms with E-state index in [1.807, 2.05) is 12.1 Å². The lowest BCUT2D eigenvalue weighted by Gasteiger charge is -2.44. The number of aromatic nitrogens is 3. The van der Waals surface area contributed by atoms with E-state index >= 15 is 0 Å². The first kappa shape index (κ1) is 39.1. The summed E-state index contributed by atoms with van der Waals surface area (Å²) in [7, 11) is 0. The number of rotatable bonds is 6. The molecule has 0 radical (unpaired) electrons. The number of anilines is 3. The van der Waals surface area contributed by atoms with Crippen molar-refractivity contribution in [2.45, 2.75) is 5.41 Å². The van der Waals surface area contributed by atoms with Gasteiger partial charge in [-0.1, -0.05) is 200 Å². The van der Waals surface area contributed by atoms with Crippen LogP contribution in [-0.4, -0.2) is 14.5 Å². The monoisotopic (exact) mass is 878 g/mol. The first-order chi connectivity index (χ1) is 34.2. The first-order valence-corrected chi connectivity index (χ1v) is 23.7. The molecule has 2 aromatic heterocycles. The zero-order valence-corrected chi connectivity index (χ0v) is 37.5. The summed E-state index contributed by atoms with van der Waals surface area (Å²) in [5, 5.41) is 2.46. The summed E-state index contributed by atoms with van der Waals surface area (Å²) in [4.78, 5) is 13.1. The second-order valence-electron chi connectivity index (χ2n) is 18.1. The molecular weight excluding hydrogens is 837 g/mol. The van der Waals surface area contributed by atoms with Gasteiger partial charge in [0.25, 0.3) is 0 Å². The quantitative estimate of drug-likeness (QED) is 0.167. The largest absolute Gasteiger partial charge is 0.309 e. The van der Waals surface area contributed by atoms with Gasteiger partial charge in [0.1, 0.15) is 0 Å². The summed E-state index contributed by atoms with van der Waals surface area (Å²) >= 11 is 0. The van der Waals surface area contributed by atoms with Crippen molar-refractivity contribution in [1.29, 1.82) is 0 Å². The van der Waals surface area contributed by atoms with Gasteiger partial charge in [0, 0.05) is 27.6 Å². The lowest BCUT2D eigenvalue weighted by Crippen LogP contribution is -2.36. The Morgan fingerprint density at radius 3 is 1.51 bits per heavy atom. The molecule has 0 atom stereocenters. The van der Waals surface area contributed by atoms with Crippen LogP contribution in [0, 0.1) is 0 Å². The normalized spacial score (nSPS) is 13.0. The van der Waals surface area contributed by atoms with E-state index in [2.05, 4.69) is 252 Å². The standard InChI is InChI=1S/C65H42N4/c1-4-19-43(20-5-1)46-25-18-26-49(39-46)68-60-32-15-11-28-52(60)53-40-47(36-38-61(53)68)48-35-37-51-50-27-10-12-29-54(50)65(57(51)41-48)55-30-13-16-33-62(55)69(63-34-17-14-31-56(63)65)64-66-58(44-21-6-2-7-22-44)42-59(67-64)45-23-8-3-9-24-45/h1-42H. The number of nitrogens with zero attached hydrogens (tertiary/aromatic N) is 4.